The zero-order chi connectivity index (χ0) is 13.5. The zero-order valence-electron chi connectivity index (χ0n) is 9.61. The Hall–Kier alpha value is -2.15. The molecule has 0 radical (unpaired) electrons. The Labute approximate surface area is 103 Å². The number of nitrogens with one attached hydrogen (secondary N) is 1. The molecule has 0 unspecified atom stereocenters. The van der Waals surface area contributed by atoms with Gasteiger partial charge in [-0.1, -0.05) is 0 Å². The quantitative estimate of drug-likeness (QED) is 0.476. The number of rotatable bonds is 6. The van der Waals surface area contributed by atoms with E-state index >= 15 is 0 Å². The standard InChI is InChI=1S/C11H14FN3O3/c12-8-2-1-7(5-9(8)13)11(17)15-3-4-18-6-10(14)16/h1-2,5H,3-4,6,13H2,(H2,14,16)(H,15,17). The molecule has 18 heavy (non-hydrogen) atoms. The first-order chi connectivity index (χ1) is 8.50. The SMILES string of the molecule is NC(=O)COCCNC(=O)c1ccc(F)c(N)c1. The molecular formula is C11H14FN3O3. The van der Waals surface area contributed by atoms with Gasteiger partial charge in [0.25, 0.3) is 5.91 Å². The van der Waals surface area contributed by atoms with Gasteiger partial charge in [-0.3, -0.25) is 9.59 Å². The second-order valence-corrected chi connectivity index (χ2v) is 3.51. The minimum absolute atomic E-state index is 0.0902. The summed E-state index contributed by atoms with van der Waals surface area (Å²) in [6, 6.07) is 3.69. The van der Waals surface area contributed by atoms with Gasteiger partial charge in [0.05, 0.1) is 12.3 Å². The van der Waals surface area contributed by atoms with Crippen LogP contribution in [0, 0.1) is 5.82 Å². The van der Waals surface area contributed by atoms with Gasteiger partial charge in [-0.15, -0.1) is 0 Å². The number of benzene rings is 1. The Morgan fingerprint density at radius 1 is 1.39 bits per heavy atom. The summed E-state index contributed by atoms with van der Waals surface area (Å²) in [7, 11) is 0. The van der Waals surface area contributed by atoms with E-state index in [1.54, 1.807) is 0 Å². The normalized spacial score (nSPS) is 10.1. The highest BCUT2D eigenvalue weighted by molar-refractivity contribution is 5.95. The summed E-state index contributed by atoms with van der Waals surface area (Å²) in [6.07, 6.45) is 0. The number of ether oxygens (including phenoxy) is 1. The Kier molecular flexibility index (Phi) is 5.06. The van der Waals surface area contributed by atoms with Gasteiger partial charge >= 0.3 is 0 Å². The lowest BCUT2D eigenvalue weighted by molar-refractivity contribution is -0.122. The molecule has 2 amide bonds. The third-order valence-electron chi connectivity index (χ3n) is 2.03. The first-order valence-corrected chi connectivity index (χ1v) is 5.20. The predicted molar refractivity (Wildman–Crippen MR) is 63.2 cm³/mol. The number of nitrogens with two attached hydrogens (primary N) is 2. The molecule has 0 heterocycles. The molecule has 0 aliphatic rings. The fourth-order valence-electron chi connectivity index (χ4n) is 1.20. The van der Waals surface area contributed by atoms with E-state index in [1.165, 1.54) is 12.1 Å². The summed E-state index contributed by atoms with van der Waals surface area (Å²) >= 11 is 0. The molecule has 1 aromatic carbocycles. The van der Waals surface area contributed by atoms with Gasteiger partial charge in [-0.25, -0.2) is 4.39 Å². The van der Waals surface area contributed by atoms with Gasteiger partial charge in [0, 0.05) is 12.1 Å². The average Bonchev–Trinajstić information content (AvgIpc) is 2.31. The number of carbonyl (C=O) groups is 2. The number of hydrogen-bond donors (Lipinski definition) is 3. The third-order valence-corrected chi connectivity index (χ3v) is 2.03. The predicted octanol–water partition coefficient (Wildman–Crippen LogP) is -0.360. The lowest BCUT2D eigenvalue weighted by Gasteiger charge is -2.06. The number of halogens is 1. The Morgan fingerprint density at radius 3 is 2.72 bits per heavy atom. The number of primary amides is 1. The van der Waals surface area contributed by atoms with Gasteiger partial charge < -0.3 is 21.5 Å². The van der Waals surface area contributed by atoms with E-state index in [1.807, 2.05) is 0 Å². The highest BCUT2D eigenvalue weighted by atomic mass is 19.1. The second kappa shape index (κ2) is 6.55. The van der Waals surface area contributed by atoms with Crippen molar-refractivity contribution in [3.63, 3.8) is 0 Å². The van der Waals surface area contributed by atoms with Crippen LogP contribution >= 0.6 is 0 Å². The molecule has 0 spiro atoms. The van der Waals surface area contributed by atoms with Crippen LogP contribution in [-0.4, -0.2) is 31.6 Å². The monoisotopic (exact) mass is 255 g/mol. The van der Waals surface area contributed by atoms with Crippen LogP contribution in [0.3, 0.4) is 0 Å². The topological polar surface area (TPSA) is 107 Å². The lowest BCUT2D eigenvalue weighted by atomic mass is 10.2. The summed E-state index contributed by atoms with van der Waals surface area (Å²) in [6.45, 7) is 0.175. The molecule has 0 fully saturated rings. The fourth-order valence-corrected chi connectivity index (χ4v) is 1.20. The molecule has 0 bridgehead atoms. The smallest absolute Gasteiger partial charge is 0.251 e. The molecule has 0 saturated heterocycles. The molecule has 6 nitrogen and oxygen atoms in total. The molecule has 5 N–H and O–H groups in total. The van der Waals surface area contributed by atoms with E-state index in [-0.39, 0.29) is 31.0 Å². The third kappa shape index (κ3) is 4.38. The van der Waals surface area contributed by atoms with Crippen molar-refractivity contribution in [2.24, 2.45) is 5.73 Å². The molecule has 0 aliphatic carbocycles. The molecule has 0 aliphatic heterocycles. The highest BCUT2D eigenvalue weighted by Crippen LogP contribution is 2.11. The summed E-state index contributed by atoms with van der Waals surface area (Å²) in [5.74, 6) is -1.55. The van der Waals surface area contributed by atoms with Crippen molar-refractivity contribution in [2.75, 3.05) is 25.5 Å². The molecule has 0 saturated carbocycles. The number of hydrogen-bond acceptors (Lipinski definition) is 4. The minimum atomic E-state index is -0.576. The van der Waals surface area contributed by atoms with Gasteiger partial charge in [-0.05, 0) is 18.2 Å². The van der Waals surface area contributed by atoms with Crippen LogP contribution in [0.5, 0.6) is 0 Å². The lowest BCUT2D eigenvalue weighted by Crippen LogP contribution is -2.28. The summed E-state index contributed by atoms with van der Waals surface area (Å²) in [5.41, 5.74) is 10.4. The van der Waals surface area contributed by atoms with Crippen molar-refractivity contribution in [3.05, 3.63) is 29.6 Å². The largest absolute Gasteiger partial charge is 0.396 e. The van der Waals surface area contributed by atoms with Gasteiger partial charge in [0.1, 0.15) is 12.4 Å². The zero-order valence-corrected chi connectivity index (χ0v) is 9.61. The van der Waals surface area contributed by atoms with Crippen molar-refractivity contribution >= 4 is 17.5 Å². The van der Waals surface area contributed by atoms with E-state index in [0.29, 0.717) is 0 Å². The van der Waals surface area contributed by atoms with Crippen LogP contribution in [0.25, 0.3) is 0 Å². The molecule has 0 aromatic heterocycles. The number of nitrogen functional groups attached to an aromatic ring is 1. The van der Waals surface area contributed by atoms with Crippen LogP contribution in [0.1, 0.15) is 10.4 Å². The second-order valence-electron chi connectivity index (χ2n) is 3.51. The number of carbonyl (C=O) groups excluding carboxylic acids is 2. The van der Waals surface area contributed by atoms with Crippen molar-refractivity contribution in [1.82, 2.24) is 5.32 Å². The highest BCUT2D eigenvalue weighted by Gasteiger charge is 2.07. The van der Waals surface area contributed by atoms with Crippen LogP contribution in [-0.2, 0) is 9.53 Å². The van der Waals surface area contributed by atoms with Crippen molar-refractivity contribution in [1.29, 1.82) is 0 Å². The average molecular weight is 255 g/mol. The van der Waals surface area contributed by atoms with Gasteiger partial charge in [-0.2, -0.15) is 0 Å². The van der Waals surface area contributed by atoms with Gasteiger partial charge in [0.15, 0.2) is 0 Å². The van der Waals surface area contributed by atoms with Crippen molar-refractivity contribution in [2.45, 2.75) is 0 Å². The van der Waals surface area contributed by atoms with E-state index in [9.17, 15) is 14.0 Å². The van der Waals surface area contributed by atoms with Gasteiger partial charge in [0.2, 0.25) is 5.91 Å². The van der Waals surface area contributed by atoms with Crippen molar-refractivity contribution in [3.8, 4) is 0 Å². The van der Waals surface area contributed by atoms with Crippen LogP contribution < -0.4 is 16.8 Å². The molecule has 1 rings (SSSR count). The van der Waals surface area contributed by atoms with E-state index in [4.69, 9.17) is 16.2 Å². The summed E-state index contributed by atoms with van der Waals surface area (Å²) in [5, 5.41) is 2.53. The van der Waals surface area contributed by atoms with E-state index in [0.717, 1.165) is 6.07 Å². The van der Waals surface area contributed by atoms with Crippen molar-refractivity contribution < 1.29 is 18.7 Å². The van der Waals surface area contributed by atoms with E-state index in [2.05, 4.69) is 5.32 Å². The molecule has 1 aromatic rings. The summed E-state index contributed by atoms with van der Waals surface area (Å²) < 4.78 is 17.7. The Balaban J connectivity index is 2.36. The first kappa shape index (κ1) is 13.9. The Morgan fingerprint density at radius 2 is 2.11 bits per heavy atom. The minimum Gasteiger partial charge on any atom is -0.396 e. The maximum Gasteiger partial charge on any atom is 0.251 e. The molecule has 98 valence electrons. The molecule has 7 heteroatoms. The maximum atomic E-state index is 12.9. The number of anilines is 1. The van der Waals surface area contributed by atoms with E-state index < -0.39 is 17.6 Å². The molecule has 0 atom stereocenters. The molecular weight excluding hydrogens is 241 g/mol. The maximum absolute atomic E-state index is 12.9. The first-order valence-electron chi connectivity index (χ1n) is 5.20. The number of amides is 2. The summed E-state index contributed by atoms with van der Waals surface area (Å²) in [4.78, 5) is 21.9. The van der Waals surface area contributed by atoms with Crippen LogP contribution in [0.4, 0.5) is 10.1 Å². The van der Waals surface area contributed by atoms with Crippen LogP contribution in [0.15, 0.2) is 18.2 Å². The Bertz CT molecular complexity index is 451. The van der Waals surface area contributed by atoms with Crippen LogP contribution in [0.2, 0.25) is 0 Å². The fraction of sp³-hybridized carbons (Fsp3) is 0.273.